The molecule has 0 bridgehead atoms. The number of carboxylic acid groups (broad SMARTS) is 2. The van der Waals surface area contributed by atoms with Gasteiger partial charge in [-0.15, -0.1) is 0 Å². The first-order valence-electron chi connectivity index (χ1n) is 6.89. The minimum atomic E-state index is -1.11. The third kappa shape index (κ3) is 4.12. The van der Waals surface area contributed by atoms with Gasteiger partial charge in [0.2, 0.25) is 0 Å². The van der Waals surface area contributed by atoms with Gasteiger partial charge in [0.25, 0.3) is 0 Å². The lowest BCUT2D eigenvalue weighted by molar-refractivity contribution is 0.0680. The quantitative estimate of drug-likeness (QED) is 0.900. The third-order valence-electron chi connectivity index (χ3n) is 2.87. The van der Waals surface area contributed by atoms with Gasteiger partial charge in [-0.25, -0.2) is 19.6 Å². The van der Waals surface area contributed by atoms with Crippen LogP contribution in [-0.4, -0.2) is 32.1 Å². The van der Waals surface area contributed by atoms with Crippen LogP contribution < -0.4 is 0 Å². The topological polar surface area (TPSA) is 100 Å². The standard InChI is InChI=1S/C14H12N2O4.C2H6/c1-8(9-4-2-6-11(15-9)13(17)18)10-5-3-7-12(16-10)14(19)20;1-2/h2-8H,1H3,(H,17,18)(H,19,20);1-2H3. The van der Waals surface area contributed by atoms with E-state index in [2.05, 4.69) is 9.97 Å². The maximum Gasteiger partial charge on any atom is 0.354 e. The first kappa shape index (κ1) is 17.3. The van der Waals surface area contributed by atoms with Gasteiger partial charge in [-0.1, -0.05) is 32.9 Å². The number of nitrogens with zero attached hydrogens (tertiary/aromatic N) is 2. The Morgan fingerprint density at radius 2 is 1.23 bits per heavy atom. The van der Waals surface area contributed by atoms with E-state index < -0.39 is 11.9 Å². The number of aromatic carboxylic acids is 2. The lowest BCUT2D eigenvalue weighted by atomic mass is 10.0. The fraction of sp³-hybridized carbons (Fsp3) is 0.250. The molecule has 0 fully saturated rings. The van der Waals surface area contributed by atoms with Crippen molar-refractivity contribution in [2.75, 3.05) is 0 Å². The molecule has 0 saturated heterocycles. The molecule has 0 saturated carbocycles. The molecule has 0 unspecified atom stereocenters. The number of pyridine rings is 2. The summed E-state index contributed by atoms with van der Waals surface area (Å²) in [5.74, 6) is -2.51. The van der Waals surface area contributed by atoms with Crippen molar-refractivity contribution in [2.24, 2.45) is 0 Å². The first-order valence-corrected chi connectivity index (χ1v) is 6.89. The molecule has 2 aromatic heterocycles. The number of carboxylic acids is 2. The van der Waals surface area contributed by atoms with Crippen molar-refractivity contribution in [3.63, 3.8) is 0 Å². The van der Waals surface area contributed by atoms with Crippen molar-refractivity contribution in [2.45, 2.75) is 26.7 Å². The molecule has 0 aliphatic heterocycles. The molecule has 116 valence electrons. The summed E-state index contributed by atoms with van der Waals surface area (Å²) >= 11 is 0. The number of hydrogen-bond donors (Lipinski definition) is 2. The average Bonchev–Trinajstić information content (AvgIpc) is 2.56. The summed E-state index contributed by atoms with van der Waals surface area (Å²) in [6, 6.07) is 9.38. The summed E-state index contributed by atoms with van der Waals surface area (Å²) in [5.41, 5.74) is 0.951. The van der Waals surface area contributed by atoms with Gasteiger partial charge >= 0.3 is 11.9 Å². The van der Waals surface area contributed by atoms with E-state index in [1.807, 2.05) is 13.8 Å². The van der Waals surface area contributed by atoms with Crippen LogP contribution in [0, 0.1) is 0 Å². The highest BCUT2D eigenvalue weighted by Gasteiger charge is 2.15. The summed E-state index contributed by atoms with van der Waals surface area (Å²) in [6.07, 6.45) is 0. The first-order chi connectivity index (χ1) is 10.5. The zero-order valence-corrected chi connectivity index (χ0v) is 12.6. The highest BCUT2D eigenvalue weighted by molar-refractivity contribution is 5.85. The molecule has 0 radical (unpaired) electrons. The molecule has 22 heavy (non-hydrogen) atoms. The second-order valence-electron chi connectivity index (χ2n) is 4.23. The number of aromatic nitrogens is 2. The molecule has 0 atom stereocenters. The molecular formula is C16H18N2O4. The van der Waals surface area contributed by atoms with Gasteiger partial charge < -0.3 is 10.2 Å². The zero-order valence-electron chi connectivity index (χ0n) is 12.6. The van der Waals surface area contributed by atoms with Crippen LogP contribution in [0.1, 0.15) is 59.1 Å². The molecule has 0 aliphatic carbocycles. The van der Waals surface area contributed by atoms with Crippen LogP contribution in [-0.2, 0) is 0 Å². The second-order valence-corrected chi connectivity index (χ2v) is 4.23. The van der Waals surface area contributed by atoms with Gasteiger partial charge in [-0.3, -0.25) is 0 Å². The number of hydrogen-bond acceptors (Lipinski definition) is 4. The third-order valence-corrected chi connectivity index (χ3v) is 2.87. The van der Waals surface area contributed by atoms with Gasteiger partial charge in [0.05, 0.1) is 11.4 Å². The van der Waals surface area contributed by atoms with E-state index in [0.717, 1.165) is 0 Å². The summed E-state index contributed by atoms with van der Waals surface area (Å²) in [7, 11) is 0. The Morgan fingerprint density at radius 3 is 1.55 bits per heavy atom. The number of carbonyl (C=O) groups is 2. The minimum absolute atomic E-state index is 0.0521. The number of rotatable bonds is 4. The van der Waals surface area contributed by atoms with E-state index in [1.165, 1.54) is 12.1 Å². The van der Waals surface area contributed by atoms with E-state index >= 15 is 0 Å². The van der Waals surface area contributed by atoms with Gasteiger partial charge in [0, 0.05) is 5.92 Å². The normalized spacial score (nSPS) is 9.82. The van der Waals surface area contributed by atoms with E-state index in [1.54, 1.807) is 31.2 Å². The van der Waals surface area contributed by atoms with E-state index in [9.17, 15) is 9.59 Å². The van der Waals surface area contributed by atoms with Crippen LogP contribution in [0.4, 0.5) is 0 Å². The summed E-state index contributed by atoms with van der Waals surface area (Å²) < 4.78 is 0. The van der Waals surface area contributed by atoms with Gasteiger partial charge in [0.15, 0.2) is 0 Å². The van der Waals surface area contributed by atoms with Crippen LogP contribution in [0.5, 0.6) is 0 Å². The Labute approximate surface area is 128 Å². The monoisotopic (exact) mass is 302 g/mol. The Hall–Kier alpha value is -2.76. The van der Waals surface area contributed by atoms with Crippen molar-refractivity contribution in [1.29, 1.82) is 0 Å². The van der Waals surface area contributed by atoms with Gasteiger partial charge in [-0.05, 0) is 24.3 Å². The lowest BCUT2D eigenvalue weighted by Gasteiger charge is -2.11. The second kappa shape index (κ2) is 7.87. The maximum atomic E-state index is 10.9. The van der Waals surface area contributed by atoms with Crippen molar-refractivity contribution in [3.05, 3.63) is 59.2 Å². The largest absolute Gasteiger partial charge is 0.477 e. The fourth-order valence-electron chi connectivity index (χ4n) is 1.77. The predicted molar refractivity (Wildman–Crippen MR) is 81.3 cm³/mol. The Bertz CT molecular complexity index is 613. The fourth-order valence-corrected chi connectivity index (χ4v) is 1.77. The van der Waals surface area contributed by atoms with Gasteiger partial charge in [-0.2, -0.15) is 0 Å². The van der Waals surface area contributed by atoms with Crippen molar-refractivity contribution < 1.29 is 19.8 Å². The molecular weight excluding hydrogens is 284 g/mol. The molecule has 0 spiro atoms. The van der Waals surface area contributed by atoms with Gasteiger partial charge in [0.1, 0.15) is 11.4 Å². The highest BCUT2D eigenvalue weighted by atomic mass is 16.4. The Kier molecular flexibility index (Phi) is 6.19. The predicted octanol–water partition coefficient (Wildman–Crippen LogP) is 3.05. The molecule has 0 aliphatic rings. The van der Waals surface area contributed by atoms with Crippen LogP contribution >= 0.6 is 0 Å². The zero-order chi connectivity index (χ0) is 16.7. The lowest BCUT2D eigenvalue weighted by Crippen LogP contribution is -2.09. The van der Waals surface area contributed by atoms with Crippen LogP contribution in [0.3, 0.4) is 0 Å². The van der Waals surface area contributed by atoms with Crippen molar-refractivity contribution >= 4 is 11.9 Å². The molecule has 0 aromatic carbocycles. The average molecular weight is 302 g/mol. The molecule has 0 amide bonds. The van der Waals surface area contributed by atoms with Crippen LogP contribution in [0.2, 0.25) is 0 Å². The summed E-state index contributed by atoms with van der Waals surface area (Å²) in [4.78, 5) is 29.9. The van der Waals surface area contributed by atoms with Crippen LogP contribution in [0.15, 0.2) is 36.4 Å². The maximum absolute atomic E-state index is 10.9. The molecule has 6 heteroatoms. The van der Waals surface area contributed by atoms with Crippen molar-refractivity contribution in [1.82, 2.24) is 9.97 Å². The summed E-state index contributed by atoms with van der Waals surface area (Å²) in [6.45, 7) is 5.79. The molecule has 2 N–H and O–H groups in total. The van der Waals surface area contributed by atoms with Crippen molar-refractivity contribution in [3.8, 4) is 0 Å². The van der Waals surface area contributed by atoms with E-state index in [0.29, 0.717) is 11.4 Å². The molecule has 2 rings (SSSR count). The molecule has 6 nitrogen and oxygen atoms in total. The molecule has 2 aromatic rings. The minimum Gasteiger partial charge on any atom is -0.477 e. The van der Waals surface area contributed by atoms with Crippen LogP contribution in [0.25, 0.3) is 0 Å². The SMILES string of the molecule is CC.CC(c1cccc(C(=O)O)n1)c1cccc(C(=O)O)n1. The Balaban J connectivity index is 0.00000116. The summed E-state index contributed by atoms with van der Waals surface area (Å²) in [5, 5.41) is 17.8. The smallest absolute Gasteiger partial charge is 0.354 e. The van der Waals surface area contributed by atoms with E-state index in [4.69, 9.17) is 10.2 Å². The Morgan fingerprint density at radius 1 is 0.864 bits per heavy atom. The molecule has 2 heterocycles. The van der Waals surface area contributed by atoms with E-state index in [-0.39, 0.29) is 17.3 Å². The highest BCUT2D eigenvalue weighted by Crippen LogP contribution is 2.21.